The average molecular weight is 305 g/mol. The molecule has 0 N–H and O–H groups in total. The molecule has 0 bridgehead atoms. The van der Waals surface area contributed by atoms with Crippen LogP contribution in [0.25, 0.3) is 0 Å². The van der Waals surface area contributed by atoms with E-state index in [4.69, 9.17) is 14.2 Å². The van der Waals surface area contributed by atoms with Crippen LogP contribution in [0.4, 0.5) is 4.79 Å². The van der Waals surface area contributed by atoms with Gasteiger partial charge in [0.15, 0.2) is 0 Å². The predicted octanol–water partition coefficient (Wildman–Crippen LogP) is 2.93. The van der Waals surface area contributed by atoms with E-state index in [1.165, 1.54) is 5.56 Å². The summed E-state index contributed by atoms with van der Waals surface area (Å²) in [4.78, 5) is 14.0. The first kappa shape index (κ1) is 15.2. The maximum absolute atomic E-state index is 12.3. The van der Waals surface area contributed by atoms with E-state index in [1.807, 2.05) is 32.9 Å². The molecular weight excluding hydrogens is 282 g/mol. The van der Waals surface area contributed by atoms with Crippen molar-refractivity contribution < 1.29 is 19.0 Å². The van der Waals surface area contributed by atoms with Crippen molar-refractivity contribution in [2.75, 3.05) is 20.2 Å². The lowest BCUT2D eigenvalue weighted by Crippen LogP contribution is -2.36. The van der Waals surface area contributed by atoms with E-state index >= 15 is 0 Å². The molecule has 1 fully saturated rings. The van der Waals surface area contributed by atoms with Gasteiger partial charge in [-0.05, 0) is 32.4 Å². The zero-order chi connectivity index (χ0) is 15.9. The molecule has 3 rings (SSSR count). The number of methoxy groups -OCH3 is 1. The standard InChI is InChI=1S/C17H23NO4/c1-17(2,3)22-16(19)18-8-12-11-6-5-7-14(20-4)13(11)10-21-15(12)9-18/h5-7,12,15H,8-10H2,1-4H3. The molecule has 2 atom stereocenters. The van der Waals surface area contributed by atoms with Gasteiger partial charge < -0.3 is 19.1 Å². The van der Waals surface area contributed by atoms with E-state index in [9.17, 15) is 4.79 Å². The fraction of sp³-hybridized carbons (Fsp3) is 0.588. The van der Waals surface area contributed by atoms with E-state index in [2.05, 4.69) is 6.07 Å². The summed E-state index contributed by atoms with van der Waals surface area (Å²) in [6.07, 6.45) is -0.234. The van der Waals surface area contributed by atoms with Crippen LogP contribution in [0.3, 0.4) is 0 Å². The van der Waals surface area contributed by atoms with Gasteiger partial charge in [0.05, 0.1) is 26.4 Å². The molecule has 0 radical (unpaired) electrons. The number of benzene rings is 1. The number of hydrogen-bond donors (Lipinski definition) is 0. The lowest BCUT2D eigenvalue weighted by atomic mass is 9.89. The SMILES string of the molecule is COc1cccc2c1COC1CN(C(=O)OC(C)(C)C)CC21. The first-order chi connectivity index (χ1) is 10.4. The Bertz CT molecular complexity index is 579. The highest BCUT2D eigenvalue weighted by atomic mass is 16.6. The van der Waals surface area contributed by atoms with Gasteiger partial charge in [0.1, 0.15) is 11.4 Å². The van der Waals surface area contributed by atoms with Crippen molar-refractivity contribution in [3.63, 3.8) is 0 Å². The minimum Gasteiger partial charge on any atom is -0.496 e. The van der Waals surface area contributed by atoms with E-state index in [1.54, 1.807) is 12.0 Å². The first-order valence-electron chi connectivity index (χ1n) is 7.64. The lowest BCUT2D eigenvalue weighted by molar-refractivity contribution is 0.0120. The molecule has 2 aliphatic rings. The molecule has 0 spiro atoms. The summed E-state index contributed by atoms with van der Waals surface area (Å²) in [6, 6.07) is 6.05. The summed E-state index contributed by atoms with van der Waals surface area (Å²) in [6.45, 7) is 7.37. The summed E-state index contributed by atoms with van der Waals surface area (Å²) in [7, 11) is 1.67. The molecule has 1 aromatic rings. The second kappa shape index (κ2) is 5.47. The minimum atomic E-state index is -0.479. The summed E-state index contributed by atoms with van der Waals surface area (Å²) in [5, 5.41) is 0. The molecule has 5 heteroatoms. The molecule has 22 heavy (non-hydrogen) atoms. The van der Waals surface area contributed by atoms with Gasteiger partial charge in [-0.2, -0.15) is 0 Å². The molecule has 0 aliphatic carbocycles. The summed E-state index contributed by atoms with van der Waals surface area (Å²) in [5.74, 6) is 1.04. The van der Waals surface area contributed by atoms with Gasteiger partial charge in [-0.15, -0.1) is 0 Å². The van der Waals surface area contributed by atoms with Crippen LogP contribution in [0.2, 0.25) is 0 Å². The van der Waals surface area contributed by atoms with Gasteiger partial charge in [-0.1, -0.05) is 12.1 Å². The van der Waals surface area contributed by atoms with Crippen LogP contribution in [0.1, 0.15) is 37.8 Å². The van der Waals surface area contributed by atoms with Gasteiger partial charge in [0, 0.05) is 18.0 Å². The monoisotopic (exact) mass is 305 g/mol. The van der Waals surface area contributed by atoms with Crippen molar-refractivity contribution in [3.05, 3.63) is 29.3 Å². The third-order valence-corrected chi connectivity index (χ3v) is 4.15. The molecule has 0 saturated carbocycles. The quantitative estimate of drug-likeness (QED) is 0.800. The number of amides is 1. The molecule has 2 heterocycles. The third-order valence-electron chi connectivity index (χ3n) is 4.15. The van der Waals surface area contributed by atoms with E-state index < -0.39 is 5.60 Å². The van der Waals surface area contributed by atoms with Gasteiger partial charge in [-0.3, -0.25) is 0 Å². The number of rotatable bonds is 1. The highest BCUT2D eigenvalue weighted by molar-refractivity contribution is 5.69. The summed E-state index contributed by atoms with van der Waals surface area (Å²) < 4.78 is 16.8. The van der Waals surface area contributed by atoms with Crippen LogP contribution in [0, 0.1) is 0 Å². The van der Waals surface area contributed by atoms with Crippen molar-refractivity contribution in [2.45, 2.75) is 45.0 Å². The predicted molar refractivity (Wildman–Crippen MR) is 82.1 cm³/mol. The number of ether oxygens (including phenoxy) is 3. The number of likely N-dealkylation sites (tertiary alicyclic amines) is 1. The Morgan fingerprint density at radius 2 is 2.09 bits per heavy atom. The average Bonchev–Trinajstić information content (AvgIpc) is 2.89. The molecule has 1 aromatic carbocycles. The van der Waals surface area contributed by atoms with Crippen molar-refractivity contribution >= 4 is 6.09 Å². The second-order valence-electron chi connectivity index (χ2n) is 6.87. The van der Waals surface area contributed by atoms with Crippen LogP contribution < -0.4 is 4.74 Å². The summed E-state index contributed by atoms with van der Waals surface area (Å²) in [5.41, 5.74) is 1.84. The molecule has 1 amide bonds. The zero-order valence-corrected chi connectivity index (χ0v) is 13.6. The Kier molecular flexibility index (Phi) is 3.77. The van der Waals surface area contributed by atoms with Crippen molar-refractivity contribution in [3.8, 4) is 5.75 Å². The van der Waals surface area contributed by atoms with E-state index in [-0.39, 0.29) is 18.1 Å². The van der Waals surface area contributed by atoms with Crippen LogP contribution in [0.5, 0.6) is 5.75 Å². The molecule has 120 valence electrons. The lowest BCUT2D eigenvalue weighted by Gasteiger charge is -2.28. The third kappa shape index (κ3) is 2.77. The largest absolute Gasteiger partial charge is 0.496 e. The Balaban J connectivity index is 1.80. The van der Waals surface area contributed by atoms with E-state index in [0.29, 0.717) is 19.7 Å². The van der Waals surface area contributed by atoms with Crippen molar-refractivity contribution in [1.82, 2.24) is 4.90 Å². The Labute approximate surface area is 131 Å². The fourth-order valence-corrected chi connectivity index (χ4v) is 3.18. The fourth-order valence-electron chi connectivity index (χ4n) is 3.18. The van der Waals surface area contributed by atoms with Gasteiger partial charge in [0.2, 0.25) is 0 Å². The Morgan fingerprint density at radius 3 is 2.77 bits per heavy atom. The topological polar surface area (TPSA) is 48.0 Å². The van der Waals surface area contributed by atoms with E-state index in [0.717, 1.165) is 11.3 Å². The number of carbonyl (C=O) groups is 1. The smallest absolute Gasteiger partial charge is 0.410 e. The number of nitrogens with zero attached hydrogens (tertiary/aromatic N) is 1. The van der Waals surface area contributed by atoms with Crippen LogP contribution in [0.15, 0.2) is 18.2 Å². The van der Waals surface area contributed by atoms with Gasteiger partial charge >= 0.3 is 6.09 Å². The van der Waals surface area contributed by atoms with Crippen LogP contribution >= 0.6 is 0 Å². The highest BCUT2D eigenvalue weighted by Gasteiger charge is 2.42. The van der Waals surface area contributed by atoms with Gasteiger partial charge in [-0.25, -0.2) is 4.79 Å². The van der Waals surface area contributed by atoms with Crippen molar-refractivity contribution in [2.24, 2.45) is 0 Å². The molecule has 2 aliphatic heterocycles. The van der Waals surface area contributed by atoms with Crippen molar-refractivity contribution in [1.29, 1.82) is 0 Å². The molecule has 2 unspecified atom stereocenters. The first-order valence-corrected chi connectivity index (χ1v) is 7.64. The number of carbonyl (C=O) groups excluding carboxylic acids is 1. The Hall–Kier alpha value is -1.75. The molecule has 5 nitrogen and oxygen atoms in total. The normalized spacial score (nSPS) is 23.7. The zero-order valence-electron chi connectivity index (χ0n) is 13.6. The Morgan fingerprint density at radius 1 is 1.32 bits per heavy atom. The molecular formula is C17H23NO4. The maximum Gasteiger partial charge on any atom is 0.410 e. The second-order valence-corrected chi connectivity index (χ2v) is 6.87. The number of hydrogen-bond acceptors (Lipinski definition) is 4. The highest BCUT2D eigenvalue weighted by Crippen LogP contribution is 2.40. The van der Waals surface area contributed by atoms with Crippen LogP contribution in [-0.2, 0) is 16.1 Å². The number of fused-ring (bicyclic) bond motifs is 3. The molecule has 0 aromatic heterocycles. The maximum atomic E-state index is 12.3. The molecule has 1 saturated heterocycles. The summed E-state index contributed by atoms with van der Waals surface area (Å²) >= 11 is 0. The van der Waals surface area contributed by atoms with Gasteiger partial charge in [0.25, 0.3) is 0 Å². The minimum absolute atomic E-state index is 0.0344. The van der Waals surface area contributed by atoms with Crippen LogP contribution in [-0.4, -0.2) is 42.9 Å².